The Bertz CT molecular complexity index is 931. The summed E-state index contributed by atoms with van der Waals surface area (Å²) in [4.78, 5) is 1.20. The van der Waals surface area contributed by atoms with Crippen molar-refractivity contribution < 1.29 is 16.8 Å². The average molecular weight is 487 g/mol. The lowest BCUT2D eigenvalue weighted by molar-refractivity contribution is 0.321. The van der Waals surface area contributed by atoms with Crippen LogP contribution in [-0.2, 0) is 48.3 Å². The van der Waals surface area contributed by atoms with E-state index in [0.717, 1.165) is 49.7 Å². The van der Waals surface area contributed by atoms with Crippen LogP contribution in [-0.4, -0.2) is 21.6 Å². The Labute approximate surface area is 191 Å². The van der Waals surface area contributed by atoms with Crippen molar-refractivity contribution in [3.63, 3.8) is 0 Å². The third-order valence-electron chi connectivity index (χ3n) is 4.74. The zero-order valence-corrected chi connectivity index (χ0v) is 20.8. The summed E-state index contributed by atoms with van der Waals surface area (Å²) < 4.78 is 36.2. The number of unbranched alkanes of at least 4 members (excludes halogenated alkanes) is 5. The third kappa shape index (κ3) is 7.98. The minimum atomic E-state index is -2.86. The minimum Gasteiger partial charge on any atom is -0.286 e. The molecule has 8 heteroatoms. The van der Waals surface area contributed by atoms with Crippen LogP contribution in [0, 0.1) is 13.8 Å². The largest absolute Gasteiger partial charge is 0.286 e. The molecule has 0 saturated carbocycles. The van der Waals surface area contributed by atoms with Crippen LogP contribution in [0.5, 0.6) is 0 Å². The highest BCUT2D eigenvalue weighted by molar-refractivity contribution is 8.30. The molecule has 0 aliphatic rings. The van der Waals surface area contributed by atoms with Crippen molar-refractivity contribution in [2.24, 2.45) is 0 Å². The highest BCUT2D eigenvalue weighted by atomic mass is 32.8. The fourth-order valence-electron chi connectivity index (χ4n) is 3.05. The predicted octanol–water partition coefficient (Wildman–Crippen LogP) is 5.42. The quantitative estimate of drug-likeness (QED) is 0.353. The molecule has 2 aromatic carbocycles. The zero-order valence-electron chi connectivity index (χ0n) is 17.5. The van der Waals surface area contributed by atoms with Gasteiger partial charge in [-0.25, -0.2) is 8.42 Å². The summed E-state index contributed by atoms with van der Waals surface area (Å²) in [6.45, 7) is 4.57. The molecule has 2 aromatic rings. The van der Waals surface area contributed by atoms with Gasteiger partial charge in [0.1, 0.15) is 0 Å². The Morgan fingerprint density at radius 1 is 0.633 bits per heavy atom. The fraction of sp³-hybridized carbons (Fsp3) is 0.455. The van der Waals surface area contributed by atoms with Gasteiger partial charge in [0.2, 0.25) is 0 Å². The molecule has 4 nitrogen and oxygen atoms in total. The molecule has 0 aromatic heterocycles. The van der Waals surface area contributed by atoms with E-state index >= 15 is 0 Å². The van der Waals surface area contributed by atoms with Crippen molar-refractivity contribution in [2.75, 3.05) is 13.2 Å². The highest BCUT2D eigenvalue weighted by Gasteiger charge is 2.14. The lowest BCUT2D eigenvalue weighted by Gasteiger charge is -2.11. The smallest absolute Gasteiger partial charge is 0.173 e. The van der Waals surface area contributed by atoms with Gasteiger partial charge in [-0.2, -0.15) is 0 Å². The molecule has 30 heavy (non-hydrogen) atoms. The summed E-state index contributed by atoms with van der Waals surface area (Å²) in [5.41, 5.74) is 1.79. The van der Waals surface area contributed by atoms with E-state index in [1.807, 2.05) is 50.2 Å². The summed E-state index contributed by atoms with van der Waals surface area (Å²) in [6, 6.07) is 14.8. The van der Waals surface area contributed by atoms with E-state index in [2.05, 4.69) is 0 Å². The van der Waals surface area contributed by atoms with E-state index in [1.54, 1.807) is 12.1 Å². The summed E-state index contributed by atoms with van der Waals surface area (Å²) in [6.07, 6.45) is 5.72. The monoisotopic (exact) mass is 486 g/mol. The number of hydrogen-bond donors (Lipinski definition) is 0. The second-order valence-corrected chi connectivity index (χ2v) is 13.0. The molecule has 0 saturated heterocycles. The average Bonchev–Trinajstić information content (AvgIpc) is 2.69. The van der Waals surface area contributed by atoms with E-state index in [9.17, 15) is 8.42 Å². The second kappa shape index (κ2) is 12.2. The lowest BCUT2D eigenvalue weighted by Crippen LogP contribution is -2.08. The van der Waals surface area contributed by atoms with Gasteiger partial charge in [-0.15, -0.1) is 0 Å². The van der Waals surface area contributed by atoms with Crippen molar-refractivity contribution in [1.29, 1.82) is 0 Å². The first-order valence-electron chi connectivity index (χ1n) is 10.1. The van der Waals surface area contributed by atoms with Crippen molar-refractivity contribution in [3.05, 3.63) is 59.7 Å². The summed E-state index contributed by atoms with van der Waals surface area (Å²) in [7, 11) is -5.71. The van der Waals surface area contributed by atoms with Crippen molar-refractivity contribution in [1.82, 2.24) is 0 Å². The number of rotatable bonds is 13. The molecule has 0 fully saturated rings. The van der Waals surface area contributed by atoms with Crippen LogP contribution in [0.3, 0.4) is 0 Å². The molecule has 0 amide bonds. The molecule has 0 N–H and O–H groups in total. The van der Waals surface area contributed by atoms with Gasteiger partial charge in [0.05, 0.1) is 23.0 Å². The van der Waals surface area contributed by atoms with Gasteiger partial charge in [0, 0.05) is 22.4 Å². The first kappa shape index (κ1) is 25.4. The first-order valence-corrected chi connectivity index (χ1v) is 15.0. The molecular weight excluding hydrogens is 457 g/mol. The standard InChI is InChI=1S/C22H30O4S4/c1-19-13-7-9-15-21(19)29(23,27)25-17-11-5-3-4-6-12-18-26-30(24,28)22-16-10-8-14-20(22)2/h7-10,13-16H,3-6,11-12,17-18H2,1-2H3. The molecule has 0 spiro atoms. The maximum absolute atomic E-state index is 12.6. The van der Waals surface area contributed by atoms with E-state index in [4.69, 9.17) is 30.7 Å². The Balaban J connectivity index is 1.56. The molecular formula is C22H30O4S4. The van der Waals surface area contributed by atoms with Gasteiger partial charge in [0.15, 0.2) is 17.5 Å². The van der Waals surface area contributed by atoms with Crippen molar-refractivity contribution in [2.45, 2.75) is 62.2 Å². The topological polar surface area (TPSA) is 52.6 Å². The van der Waals surface area contributed by atoms with Crippen molar-refractivity contribution >= 4 is 39.9 Å². The molecule has 2 unspecified atom stereocenters. The maximum atomic E-state index is 12.6. The SMILES string of the molecule is Cc1ccccc1S(=O)(=S)OCCCCCCCCOS(=O)(=S)c1ccccc1C. The number of hydrogen-bond acceptors (Lipinski definition) is 6. The van der Waals surface area contributed by atoms with Crippen LogP contribution in [0.15, 0.2) is 58.3 Å². The summed E-state index contributed by atoms with van der Waals surface area (Å²) in [5.74, 6) is 0. The van der Waals surface area contributed by atoms with Crippen LogP contribution in [0.2, 0.25) is 0 Å². The van der Waals surface area contributed by atoms with Crippen molar-refractivity contribution in [3.8, 4) is 0 Å². The van der Waals surface area contributed by atoms with Crippen LogP contribution in [0.1, 0.15) is 49.7 Å². The van der Waals surface area contributed by atoms with Crippen LogP contribution < -0.4 is 0 Å². The predicted molar refractivity (Wildman–Crippen MR) is 130 cm³/mol. The van der Waals surface area contributed by atoms with E-state index in [-0.39, 0.29) is 0 Å². The molecule has 0 bridgehead atoms. The molecule has 2 rings (SSSR count). The Morgan fingerprint density at radius 2 is 0.967 bits per heavy atom. The van der Waals surface area contributed by atoms with Crippen LogP contribution in [0.4, 0.5) is 0 Å². The lowest BCUT2D eigenvalue weighted by atomic mass is 10.1. The van der Waals surface area contributed by atoms with Gasteiger partial charge in [-0.3, -0.25) is 8.37 Å². The van der Waals surface area contributed by atoms with E-state index in [1.165, 1.54) is 0 Å². The fourth-order valence-corrected chi connectivity index (χ4v) is 6.92. The van der Waals surface area contributed by atoms with Gasteiger partial charge < -0.3 is 0 Å². The second-order valence-electron chi connectivity index (χ2n) is 7.20. The molecule has 0 heterocycles. The van der Waals surface area contributed by atoms with Gasteiger partial charge >= 0.3 is 0 Å². The summed E-state index contributed by atoms with van der Waals surface area (Å²) in [5, 5.41) is 0. The van der Waals surface area contributed by atoms with Gasteiger partial charge in [0.25, 0.3) is 0 Å². The minimum absolute atomic E-state index is 0.397. The number of benzene rings is 2. The molecule has 0 radical (unpaired) electrons. The first-order chi connectivity index (χ1) is 14.2. The zero-order chi connectivity index (χ0) is 22.0. The van der Waals surface area contributed by atoms with Gasteiger partial charge in [-0.05, 0) is 49.9 Å². The highest BCUT2D eigenvalue weighted by Crippen LogP contribution is 2.19. The molecule has 166 valence electrons. The van der Waals surface area contributed by atoms with E-state index < -0.39 is 17.5 Å². The molecule has 0 aliphatic heterocycles. The number of aryl methyl sites for hydroxylation is 2. The third-order valence-corrected chi connectivity index (χ3v) is 9.34. The normalized spacial score (nSPS) is 15.4. The van der Waals surface area contributed by atoms with Gasteiger partial charge in [-0.1, -0.05) is 62.1 Å². The summed E-state index contributed by atoms with van der Waals surface area (Å²) >= 11 is 10.4. The maximum Gasteiger partial charge on any atom is 0.173 e. The molecule has 0 aliphatic carbocycles. The van der Waals surface area contributed by atoms with Crippen LogP contribution >= 0.6 is 0 Å². The van der Waals surface area contributed by atoms with Crippen LogP contribution in [0.25, 0.3) is 0 Å². The van der Waals surface area contributed by atoms with E-state index in [0.29, 0.717) is 23.0 Å². The Kier molecular flexibility index (Phi) is 10.3. The Hall–Kier alpha value is -0.900. The Morgan fingerprint density at radius 3 is 1.33 bits per heavy atom. The molecule has 2 atom stereocenters.